The Morgan fingerprint density at radius 3 is 2.66 bits per heavy atom. The molecule has 8 heteroatoms. The number of rotatable bonds is 8. The Labute approximate surface area is 190 Å². The van der Waals surface area contributed by atoms with Crippen LogP contribution in [-0.4, -0.2) is 47.6 Å². The Balaban J connectivity index is 0.00000300. The van der Waals surface area contributed by atoms with E-state index in [4.69, 9.17) is 4.74 Å². The van der Waals surface area contributed by atoms with E-state index in [0.29, 0.717) is 5.96 Å². The Morgan fingerprint density at radius 2 is 2.07 bits per heavy atom. The molecule has 1 aliphatic rings. The van der Waals surface area contributed by atoms with Crippen LogP contribution >= 0.6 is 24.0 Å². The van der Waals surface area contributed by atoms with Gasteiger partial charge in [0.25, 0.3) is 0 Å². The number of aliphatic hydroxyl groups is 1. The van der Waals surface area contributed by atoms with Gasteiger partial charge in [-0.25, -0.2) is 4.99 Å². The molecule has 1 heterocycles. The van der Waals surface area contributed by atoms with Crippen molar-refractivity contribution in [2.45, 2.75) is 37.7 Å². The fourth-order valence-corrected chi connectivity index (χ4v) is 3.39. The lowest BCUT2D eigenvalue weighted by Gasteiger charge is -2.23. The molecule has 1 saturated carbocycles. The molecular formula is C21H32IN5O2. The third-order valence-corrected chi connectivity index (χ3v) is 5.34. The van der Waals surface area contributed by atoms with Crippen molar-refractivity contribution in [3.63, 3.8) is 0 Å². The van der Waals surface area contributed by atoms with E-state index in [2.05, 4.69) is 32.9 Å². The third kappa shape index (κ3) is 5.63. The normalized spacial score (nSPS) is 17.1. The van der Waals surface area contributed by atoms with Crippen molar-refractivity contribution >= 4 is 29.9 Å². The number of ether oxygens (including phenoxy) is 1. The molecule has 1 unspecified atom stereocenters. The van der Waals surface area contributed by atoms with Crippen LogP contribution in [0.2, 0.25) is 0 Å². The number of para-hydroxylation sites is 1. The molecule has 0 aliphatic heterocycles. The highest BCUT2D eigenvalue weighted by atomic mass is 127. The SMILES string of the molecule is CCNC(=NCC(C)(O)c1cnn(C)c1)NCC1(c2ccccc2OC)CC1.I. The second kappa shape index (κ2) is 9.80. The Bertz CT molecular complexity index is 830. The van der Waals surface area contributed by atoms with Crippen LogP contribution in [0, 0.1) is 0 Å². The van der Waals surface area contributed by atoms with Crippen LogP contribution < -0.4 is 15.4 Å². The lowest BCUT2D eigenvalue weighted by atomic mass is 9.95. The largest absolute Gasteiger partial charge is 0.496 e. The van der Waals surface area contributed by atoms with E-state index in [1.54, 1.807) is 24.9 Å². The zero-order valence-corrected chi connectivity index (χ0v) is 19.9. The highest BCUT2D eigenvalue weighted by Crippen LogP contribution is 2.50. The predicted octanol–water partition coefficient (Wildman–Crippen LogP) is 2.54. The van der Waals surface area contributed by atoms with Crippen molar-refractivity contribution in [2.24, 2.45) is 12.0 Å². The van der Waals surface area contributed by atoms with Gasteiger partial charge in [0.15, 0.2) is 5.96 Å². The van der Waals surface area contributed by atoms with Gasteiger partial charge < -0.3 is 20.5 Å². The van der Waals surface area contributed by atoms with Crippen LogP contribution in [0.3, 0.4) is 0 Å². The maximum Gasteiger partial charge on any atom is 0.191 e. The fraction of sp³-hybridized carbons (Fsp3) is 0.524. The van der Waals surface area contributed by atoms with Gasteiger partial charge in [-0.15, -0.1) is 24.0 Å². The first-order valence-electron chi connectivity index (χ1n) is 9.77. The first-order chi connectivity index (χ1) is 13.4. The van der Waals surface area contributed by atoms with E-state index in [1.807, 2.05) is 32.3 Å². The summed E-state index contributed by atoms with van der Waals surface area (Å²) >= 11 is 0. The van der Waals surface area contributed by atoms with Gasteiger partial charge in [-0.3, -0.25) is 4.68 Å². The van der Waals surface area contributed by atoms with E-state index < -0.39 is 5.60 Å². The van der Waals surface area contributed by atoms with Crippen LogP contribution in [-0.2, 0) is 18.1 Å². The topological polar surface area (TPSA) is 83.7 Å². The summed E-state index contributed by atoms with van der Waals surface area (Å²) in [6, 6.07) is 8.21. The second-order valence-electron chi connectivity index (χ2n) is 7.71. The van der Waals surface area contributed by atoms with Crippen LogP contribution in [0.15, 0.2) is 41.7 Å². The summed E-state index contributed by atoms with van der Waals surface area (Å²) in [6.45, 7) is 5.56. The van der Waals surface area contributed by atoms with Gasteiger partial charge in [0.2, 0.25) is 0 Å². The summed E-state index contributed by atoms with van der Waals surface area (Å²) in [7, 11) is 3.55. The third-order valence-electron chi connectivity index (χ3n) is 5.34. The van der Waals surface area contributed by atoms with E-state index in [-0.39, 0.29) is 35.9 Å². The van der Waals surface area contributed by atoms with Crippen LogP contribution in [0.4, 0.5) is 0 Å². The van der Waals surface area contributed by atoms with Crippen LogP contribution in [0.25, 0.3) is 0 Å². The van der Waals surface area contributed by atoms with E-state index in [9.17, 15) is 5.11 Å². The maximum atomic E-state index is 10.8. The lowest BCUT2D eigenvalue weighted by Crippen LogP contribution is -2.42. The minimum atomic E-state index is -1.07. The number of halogens is 1. The van der Waals surface area contributed by atoms with Gasteiger partial charge in [0.1, 0.15) is 11.4 Å². The number of nitrogens with one attached hydrogen (secondary N) is 2. The zero-order valence-electron chi connectivity index (χ0n) is 17.6. The molecule has 0 saturated heterocycles. The summed E-state index contributed by atoms with van der Waals surface area (Å²) in [5.74, 6) is 1.64. The van der Waals surface area contributed by atoms with Crippen molar-refractivity contribution in [2.75, 3.05) is 26.7 Å². The number of aliphatic imine (C=N–C) groups is 1. The number of hydrogen-bond acceptors (Lipinski definition) is 4. The molecule has 0 spiro atoms. The van der Waals surface area contributed by atoms with E-state index in [1.165, 1.54) is 5.56 Å². The molecular weight excluding hydrogens is 481 g/mol. The summed E-state index contributed by atoms with van der Waals surface area (Å²) in [5, 5.41) is 21.6. The van der Waals surface area contributed by atoms with Crippen molar-refractivity contribution in [3.8, 4) is 5.75 Å². The Hall–Kier alpha value is -1.81. The number of nitrogens with zero attached hydrogens (tertiary/aromatic N) is 3. The molecule has 3 rings (SSSR count). The summed E-state index contributed by atoms with van der Waals surface area (Å²) < 4.78 is 7.24. The molecule has 0 bridgehead atoms. The molecule has 29 heavy (non-hydrogen) atoms. The van der Waals surface area contributed by atoms with Gasteiger partial charge >= 0.3 is 0 Å². The highest BCUT2D eigenvalue weighted by molar-refractivity contribution is 14.0. The average Bonchev–Trinajstić information content (AvgIpc) is 3.35. The first-order valence-corrected chi connectivity index (χ1v) is 9.77. The smallest absolute Gasteiger partial charge is 0.191 e. The van der Waals surface area contributed by atoms with Gasteiger partial charge in [-0.05, 0) is 32.8 Å². The summed E-state index contributed by atoms with van der Waals surface area (Å²) in [5.41, 5.74) is 0.996. The monoisotopic (exact) mass is 513 g/mol. The lowest BCUT2D eigenvalue weighted by molar-refractivity contribution is 0.0672. The molecule has 1 aliphatic carbocycles. The summed E-state index contributed by atoms with van der Waals surface area (Å²) in [6.07, 6.45) is 5.73. The zero-order chi connectivity index (χ0) is 20.2. The number of hydrogen-bond donors (Lipinski definition) is 3. The minimum absolute atomic E-state index is 0. The average molecular weight is 513 g/mol. The van der Waals surface area contributed by atoms with Crippen LogP contribution in [0.5, 0.6) is 5.75 Å². The fourth-order valence-electron chi connectivity index (χ4n) is 3.39. The van der Waals surface area contributed by atoms with Crippen molar-refractivity contribution in [1.82, 2.24) is 20.4 Å². The second-order valence-corrected chi connectivity index (χ2v) is 7.71. The summed E-state index contributed by atoms with van der Waals surface area (Å²) in [4.78, 5) is 4.61. The van der Waals surface area contributed by atoms with Gasteiger partial charge in [0, 0.05) is 42.9 Å². The molecule has 7 nitrogen and oxygen atoms in total. The van der Waals surface area contributed by atoms with E-state index >= 15 is 0 Å². The van der Waals surface area contributed by atoms with Crippen molar-refractivity contribution in [1.29, 1.82) is 0 Å². The molecule has 0 radical (unpaired) electrons. The number of aromatic nitrogens is 2. The van der Waals surface area contributed by atoms with Crippen molar-refractivity contribution in [3.05, 3.63) is 47.8 Å². The first kappa shape index (κ1) is 23.5. The molecule has 1 aromatic carbocycles. The van der Waals surface area contributed by atoms with Crippen molar-refractivity contribution < 1.29 is 9.84 Å². The Morgan fingerprint density at radius 1 is 1.34 bits per heavy atom. The molecule has 2 aromatic rings. The minimum Gasteiger partial charge on any atom is -0.496 e. The maximum absolute atomic E-state index is 10.8. The van der Waals surface area contributed by atoms with Gasteiger partial charge in [-0.2, -0.15) is 5.10 Å². The van der Waals surface area contributed by atoms with Gasteiger partial charge in [0.05, 0.1) is 19.9 Å². The number of methoxy groups -OCH3 is 1. The molecule has 3 N–H and O–H groups in total. The number of guanidine groups is 1. The standard InChI is InChI=1S/C21H31N5O2.HI/c1-5-22-19(23-14-20(2,27)16-12-25-26(3)13-16)24-15-21(10-11-21)17-8-6-7-9-18(17)28-4;/h6-9,12-13,27H,5,10-11,14-15H2,1-4H3,(H2,22,23,24);1H. The van der Waals surface area contributed by atoms with Crippen LogP contribution in [0.1, 0.15) is 37.8 Å². The Kier molecular flexibility index (Phi) is 7.93. The number of aryl methyl sites for hydroxylation is 1. The number of benzene rings is 1. The predicted molar refractivity (Wildman–Crippen MR) is 126 cm³/mol. The van der Waals surface area contributed by atoms with E-state index in [0.717, 1.165) is 37.2 Å². The molecule has 160 valence electrons. The molecule has 0 amide bonds. The highest BCUT2D eigenvalue weighted by Gasteiger charge is 2.46. The quantitative estimate of drug-likeness (QED) is 0.287. The van der Waals surface area contributed by atoms with Gasteiger partial charge in [-0.1, -0.05) is 18.2 Å². The molecule has 1 aromatic heterocycles. The molecule has 1 fully saturated rings. The molecule has 1 atom stereocenters.